The molecule has 2 aromatic heterocycles. The van der Waals surface area contributed by atoms with E-state index in [0.717, 1.165) is 12.8 Å². The van der Waals surface area contributed by atoms with Crippen molar-refractivity contribution in [3.05, 3.63) is 80.2 Å². The zero-order valence-corrected chi connectivity index (χ0v) is 42.8. The number of hydrogen-bond donors (Lipinski definition) is 0. The molecule has 2 heterocycles. The van der Waals surface area contributed by atoms with Gasteiger partial charge in [0.15, 0.2) is 0 Å². The lowest BCUT2D eigenvalue weighted by Gasteiger charge is -2.38. The van der Waals surface area contributed by atoms with Crippen LogP contribution in [0, 0.1) is 22.9 Å². The van der Waals surface area contributed by atoms with Crippen molar-refractivity contribution in [3.63, 3.8) is 0 Å². The summed E-state index contributed by atoms with van der Waals surface area (Å²) in [6, 6.07) is 23.5. The predicted octanol–water partition coefficient (Wildman–Crippen LogP) is 18.2. The molecule has 0 unspecified atom stereocenters. The fourth-order valence-electron chi connectivity index (χ4n) is 10.1. The zero-order chi connectivity index (χ0) is 42.6. The molecular weight excluding hydrogens is 769 g/mol. The molecule has 0 bridgehead atoms. The zero-order valence-electron chi connectivity index (χ0n) is 39.1. The maximum atomic E-state index is 4.05. The van der Waals surface area contributed by atoms with Crippen LogP contribution in [0.4, 0.5) is 0 Å². The molecule has 0 radical (unpaired) electrons. The molecule has 58 heavy (non-hydrogen) atoms. The van der Waals surface area contributed by atoms with Gasteiger partial charge in [-0.25, -0.2) is 0 Å². The third-order valence-corrected chi connectivity index (χ3v) is 28.2. The van der Waals surface area contributed by atoms with Gasteiger partial charge in [0, 0.05) is 20.9 Å². The summed E-state index contributed by atoms with van der Waals surface area (Å²) in [6.07, 6.45) is 12.6. The minimum Gasteiger partial charge on any atom is -0.131 e. The number of thiophene rings is 2. The number of rotatable bonds is 19. The van der Waals surface area contributed by atoms with Crippen LogP contribution in [-0.4, -0.2) is 16.1 Å². The fraction of sp³-hybridized carbons (Fsp3) is 0.556. The Balaban J connectivity index is 1.69. The molecule has 0 amide bonds. The summed E-state index contributed by atoms with van der Waals surface area (Å²) in [6.45, 7) is 33.6. The number of unbranched alkanes of at least 4 members (excludes halogenated alkanes) is 6. The molecule has 0 spiro atoms. The van der Waals surface area contributed by atoms with E-state index in [9.17, 15) is 0 Å². The monoisotopic (exact) mass is 847 g/mol. The molecule has 0 aliphatic rings. The smallest absolute Gasteiger partial charge is 0.131 e. The van der Waals surface area contributed by atoms with E-state index in [1.165, 1.54) is 104 Å². The molecule has 314 valence electrons. The van der Waals surface area contributed by atoms with Gasteiger partial charge in [0.05, 0.1) is 9.75 Å². The van der Waals surface area contributed by atoms with Gasteiger partial charge in [0.2, 0.25) is 0 Å². The molecule has 4 aromatic rings. The molecule has 0 fully saturated rings. The van der Waals surface area contributed by atoms with Crippen LogP contribution in [-0.2, 0) is 12.8 Å². The molecule has 2 aromatic carbocycles. The van der Waals surface area contributed by atoms with E-state index in [1.54, 1.807) is 0 Å². The van der Waals surface area contributed by atoms with Crippen molar-refractivity contribution in [2.75, 3.05) is 0 Å². The second-order valence-corrected chi connectivity index (χ2v) is 32.4. The van der Waals surface area contributed by atoms with Gasteiger partial charge in [0.1, 0.15) is 16.1 Å². The normalized spacial score (nSPS) is 12.3. The number of benzene rings is 2. The van der Waals surface area contributed by atoms with Gasteiger partial charge in [-0.05, 0) is 93.3 Å². The molecule has 4 heteroatoms. The Morgan fingerprint density at radius 3 is 0.983 bits per heavy atom. The van der Waals surface area contributed by atoms with Crippen molar-refractivity contribution in [3.8, 4) is 56.3 Å². The van der Waals surface area contributed by atoms with Crippen LogP contribution in [0.3, 0.4) is 0 Å². The van der Waals surface area contributed by atoms with Gasteiger partial charge < -0.3 is 0 Å². The summed E-state index contributed by atoms with van der Waals surface area (Å²) in [5.74, 6) is 7.73. The minimum absolute atomic E-state index is 0.625. The van der Waals surface area contributed by atoms with Crippen molar-refractivity contribution < 1.29 is 0 Å². The standard InChI is InChI=1S/C54H78S2Si2/c1-15-17-19-21-23-49-37-51(53(55-49)33-35-57(39(3)4,40(5)6)41(7)8)47-29-25-45(26-30-47)46-27-31-48(32-28-46)52-38-50(24-22-20-18-16-2)56-54(52)34-36-58(42(9)10,43(11)12)44(13)14/h25-32,37-44H,15-24H2,1-14H3. The van der Waals surface area contributed by atoms with Crippen LogP contribution in [0.1, 0.15) is 168 Å². The van der Waals surface area contributed by atoms with Crippen LogP contribution in [0.5, 0.6) is 0 Å². The Morgan fingerprint density at radius 1 is 0.414 bits per heavy atom. The third kappa shape index (κ3) is 11.4. The lowest BCUT2D eigenvalue weighted by Crippen LogP contribution is -2.43. The van der Waals surface area contributed by atoms with Crippen LogP contribution in [0.2, 0.25) is 33.2 Å². The Labute approximate surface area is 367 Å². The van der Waals surface area contributed by atoms with Crippen LogP contribution >= 0.6 is 22.7 Å². The van der Waals surface area contributed by atoms with Crippen molar-refractivity contribution in [2.24, 2.45) is 0 Å². The van der Waals surface area contributed by atoms with Crippen LogP contribution < -0.4 is 0 Å². The quantitative estimate of drug-likeness (QED) is 0.0501. The Morgan fingerprint density at radius 2 is 0.707 bits per heavy atom. The molecule has 0 N–H and O–H groups in total. The van der Waals surface area contributed by atoms with E-state index in [0.29, 0.717) is 33.2 Å². The number of hydrogen-bond acceptors (Lipinski definition) is 2. The Hall–Kier alpha value is -2.61. The first-order valence-corrected chi connectivity index (χ1v) is 29.2. The highest BCUT2D eigenvalue weighted by Crippen LogP contribution is 2.43. The second kappa shape index (κ2) is 22.3. The van der Waals surface area contributed by atoms with Gasteiger partial charge >= 0.3 is 0 Å². The first kappa shape index (κ1) is 48.1. The summed E-state index contributed by atoms with van der Waals surface area (Å²) in [4.78, 5) is 5.48. The van der Waals surface area contributed by atoms with Gasteiger partial charge in [0.25, 0.3) is 0 Å². The summed E-state index contributed by atoms with van der Waals surface area (Å²) in [5.41, 5.74) is 19.6. The van der Waals surface area contributed by atoms with Crippen LogP contribution in [0.15, 0.2) is 60.7 Å². The largest absolute Gasteiger partial charge is 0.146 e. The molecule has 0 aliphatic carbocycles. The van der Waals surface area contributed by atoms with E-state index in [4.69, 9.17) is 0 Å². The molecule has 0 nitrogen and oxygen atoms in total. The summed E-state index contributed by atoms with van der Waals surface area (Å²) in [7, 11) is -3.68. The lowest BCUT2D eigenvalue weighted by atomic mass is 9.98. The first-order valence-electron chi connectivity index (χ1n) is 23.1. The van der Waals surface area contributed by atoms with Crippen molar-refractivity contribution in [1.82, 2.24) is 0 Å². The van der Waals surface area contributed by atoms with E-state index in [1.807, 2.05) is 22.7 Å². The van der Waals surface area contributed by atoms with Crippen molar-refractivity contribution >= 4 is 38.8 Å². The minimum atomic E-state index is -1.84. The van der Waals surface area contributed by atoms with Gasteiger partial charge in [-0.2, -0.15) is 0 Å². The summed E-state index contributed by atoms with van der Waals surface area (Å²) >= 11 is 3.90. The van der Waals surface area contributed by atoms with Gasteiger partial charge in [-0.3, -0.25) is 0 Å². The molecule has 4 rings (SSSR count). The number of aryl methyl sites for hydroxylation is 2. The molecule has 0 atom stereocenters. The van der Waals surface area contributed by atoms with Crippen LogP contribution in [0.25, 0.3) is 33.4 Å². The lowest BCUT2D eigenvalue weighted by molar-refractivity contribution is 0.670. The molecule has 0 aliphatic heterocycles. The average Bonchev–Trinajstić information content (AvgIpc) is 3.79. The molecule has 0 saturated heterocycles. The fourth-order valence-corrected chi connectivity index (χ4v) is 22.8. The van der Waals surface area contributed by atoms with Gasteiger partial charge in [-0.15, -0.1) is 33.8 Å². The Kier molecular flexibility index (Phi) is 18.5. The van der Waals surface area contributed by atoms with Gasteiger partial charge in [-0.1, -0.05) is 196 Å². The van der Waals surface area contributed by atoms with E-state index >= 15 is 0 Å². The summed E-state index contributed by atoms with van der Waals surface area (Å²) < 4.78 is 0. The predicted molar refractivity (Wildman–Crippen MR) is 270 cm³/mol. The summed E-state index contributed by atoms with van der Waals surface area (Å²) in [5, 5.41) is 0. The molecular formula is C54H78S2Si2. The van der Waals surface area contributed by atoms with E-state index < -0.39 is 16.1 Å². The highest BCUT2D eigenvalue weighted by atomic mass is 32.1. The SMILES string of the molecule is CCCCCCc1cc(-c2ccc(-c3ccc(-c4cc(CCCCCC)sc4C#C[Si](C(C)C)(C(C)C)C(C)C)cc3)cc2)c(C#C[Si](C(C)C)(C(C)C)C(C)C)s1. The first-order chi connectivity index (χ1) is 27.6. The molecule has 0 saturated carbocycles. The second-order valence-electron chi connectivity index (χ2n) is 19.0. The highest BCUT2D eigenvalue weighted by Gasteiger charge is 2.42. The average molecular weight is 848 g/mol. The van der Waals surface area contributed by atoms with Crippen molar-refractivity contribution in [1.29, 1.82) is 0 Å². The van der Waals surface area contributed by atoms with E-state index in [2.05, 4.69) is 181 Å². The highest BCUT2D eigenvalue weighted by molar-refractivity contribution is 7.13. The topological polar surface area (TPSA) is 0 Å². The maximum Gasteiger partial charge on any atom is 0.146 e. The third-order valence-electron chi connectivity index (χ3n) is 13.4. The van der Waals surface area contributed by atoms with E-state index in [-0.39, 0.29) is 0 Å². The maximum absolute atomic E-state index is 4.05. The Bertz CT molecular complexity index is 1790. The van der Waals surface area contributed by atoms with Crippen molar-refractivity contribution in [2.45, 2.75) is 194 Å².